The van der Waals surface area contributed by atoms with Crippen LogP contribution in [0.25, 0.3) is 0 Å². The third kappa shape index (κ3) is 7.63. The molecule has 1 aromatic heterocycles. The summed E-state index contributed by atoms with van der Waals surface area (Å²) < 4.78 is 1.40. The summed E-state index contributed by atoms with van der Waals surface area (Å²) in [4.78, 5) is 12.3. The van der Waals surface area contributed by atoms with Crippen LogP contribution in [-0.2, 0) is 11.3 Å². The third-order valence-electron chi connectivity index (χ3n) is 4.09. The molecule has 1 heterocycles. The minimum atomic E-state index is -1.30. The van der Waals surface area contributed by atoms with E-state index in [9.17, 15) is 4.79 Å². The maximum absolute atomic E-state index is 12.3. The molecule has 0 saturated heterocycles. The lowest BCUT2D eigenvalue weighted by Gasteiger charge is -2.15. The van der Waals surface area contributed by atoms with Gasteiger partial charge in [-0.2, -0.15) is 0 Å². The molecule has 27 heavy (non-hydrogen) atoms. The van der Waals surface area contributed by atoms with Crippen molar-refractivity contribution in [2.75, 3.05) is 0 Å². The van der Waals surface area contributed by atoms with Crippen LogP contribution in [-0.4, -0.2) is 43.3 Å². The molecule has 0 radical (unpaired) electrons. The second-order valence-electron chi connectivity index (χ2n) is 6.27. The van der Waals surface area contributed by atoms with E-state index in [0.29, 0.717) is 31.4 Å². The summed E-state index contributed by atoms with van der Waals surface area (Å²) in [7, 11) is -1.30. The number of hydrogen-bond acceptors (Lipinski definition) is 7. The SMILES string of the molecule is C[C@H](NC(=O)Cn1nnnc1C(N)CCCCB(O)O)c1ccccc1.Cl. The fraction of sp³-hybridized carbons (Fsp3) is 0.500. The zero-order valence-electron chi connectivity index (χ0n) is 15.2. The number of nitrogens with zero attached hydrogens (tertiary/aromatic N) is 4. The molecule has 1 amide bonds. The minimum absolute atomic E-state index is 0. The molecule has 0 bridgehead atoms. The molecule has 0 saturated carbocycles. The highest BCUT2D eigenvalue weighted by atomic mass is 35.5. The number of nitrogens with two attached hydrogens (primary N) is 1. The van der Waals surface area contributed by atoms with Gasteiger partial charge in [-0.15, -0.1) is 17.5 Å². The molecule has 0 aliphatic heterocycles. The highest BCUT2D eigenvalue weighted by molar-refractivity contribution is 6.40. The zero-order chi connectivity index (χ0) is 18.9. The molecule has 0 spiro atoms. The molecule has 2 rings (SSSR count). The summed E-state index contributed by atoms with van der Waals surface area (Å²) in [5.74, 6) is 0.238. The number of aromatic nitrogens is 4. The van der Waals surface area contributed by atoms with Crippen molar-refractivity contribution in [1.82, 2.24) is 25.5 Å². The number of benzene rings is 1. The zero-order valence-corrected chi connectivity index (χ0v) is 16.0. The Morgan fingerprint density at radius 3 is 2.67 bits per heavy atom. The van der Waals surface area contributed by atoms with E-state index in [1.165, 1.54) is 4.68 Å². The Bertz CT molecular complexity index is 688. The minimum Gasteiger partial charge on any atom is -0.427 e. The van der Waals surface area contributed by atoms with E-state index in [0.717, 1.165) is 5.56 Å². The van der Waals surface area contributed by atoms with Crippen molar-refractivity contribution in [2.24, 2.45) is 5.73 Å². The molecule has 1 unspecified atom stereocenters. The number of hydrogen-bond donors (Lipinski definition) is 4. The van der Waals surface area contributed by atoms with E-state index in [1.807, 2.05) is 37.3 Å². The van der Waals surface area contributed by atoms with Gasteiger partial charge in [0.05, 0.1) is 12.1 Å². The maximum atomic E-state index is 12.3. The molecule has 1 aromatic carbocycles. The van der Waals surface area contributed by atoms with Gasteiger partial charge in [0.15, 0.2) is 5.82 Å². The van der Waals surface area contributed by atoms with Gasteiger partial charge in [0, 0.05) is 0 Å². The molecule has 2 atom stereocenters. The lowest BCUT2D eigenvalue weighted by atomic mass is 9.83. The monoisotopic (exact) mass is 396 g/mol. The molecule has 11 heteroatoms. The lowest BCUT2D eigenvalue weighted by molar-refractivity contribution is -0.122. The van der Waals surface area contributed by atoms with Crippen LogP contribution in [0, 0.1) is 0 Å². The van der Waals surface area contributed by atoms with Crippen molar-refractivity contribution >= 4 is 25.4 Å². The number of amides is 1. The van der Waals surface area contributed by atoms with Gasteiger partial charge < -0.3 is 21.1 Å². The van der Waals surface area contributed by atoms with Crippen LogP contribution < -0.4 is 11.1 Å². The molecule has 0 fully saturated rings. The normalized spacial score (nSPS) is 12.7. The second kappa shape index (κ2) is 11.7. The van der Waals surface area contributed by atoms with Crippen LogP contribution in [0.1, 0.15) is 49.7 Å². The maximum Gasteiger partial charge on any atom is 0.451 e. The second-order valence-corrected chi connectivity index (χ2v) is 6.27. The van der Waals surface area contributed by atoms with Gasteiger partial charge in [0.25, 0.3) is 0 Å². The van der Waals surface area contributed by atoms with Gasteiger partial charge in [-0.1, -0.05) is 43.2 Å². The summed E-state index contributed by atoms with van der Waals surface area (Å²) in [6.07, 6.45) is 2.25. The van der Waals surface area contributed by atoms with Crippen LogP contribution in [0.15, 0.2) is 30.3 Å². The summed E-state index contributed by atoms with van der Waals surface area (Å²) >= 11 is 0. The van der Waals surface area contributed by atoms with Gasteiger partial charge in [0.1, 0.15) is 6.54 Å². The molecular weight excluding hydrogens is 370 g/mol. The van der Waals surface area contributed by atoms with Crippen molar-refractivity contribution in [3.8, 4) is 0 Å². The summed E-state index contributed by atoms with van der Waals surface area (Å²) in [6, 6.07) is 9.13. The van der Waals surface area contributed by atoms with E-state index in [4.69, 9.17) is 15.8 Å². The van der Waals surface area contributed by atoms with Gasteiger partial charge in [-0.05, 0) is 35.7 Å². The largest absolute Gasteiger partial charge is 0.451 e. The Morgan fingerprint density at radius 1 is 1.30 bits per heavy atom. The Kier molecular flexibility index (Phi) is 9.94. The first-order chi connectivity index (χ1) is 12.5. The van der Waals surface area contributed by atoms with E-state index < -0.39 is 13.2 Å². The Morgan fingerprint density at radius 2 is 2.00 bits per heavy atom. The van der Waals surface area contributed by atoms with Crippen molar-refractivity contribution in [1.29, 1.82) is 0 Å². The smallest absolute Gasteiger partial charge is 0.427 e. The number of carbonyl (C=O) groups is 1. The first-order valence-electron chi connectivity index (χ1n) is 8.69. The fourth-order valence-electron chi connectivity index (χ4n) is 2.66. The van der Waals surface area contributed by atoms with Crippen molar-refractivity contribution in [3.05, 3.63) is 41.7 Å². The molecule has 148 valence electrons. The Labute approximate surface area is 164 Å². The molecule has 9 nitrogen and oxygen atoms in total. The number of rotatable bonds is 10. The van der Waals surface area contributed by atoms with Gasteiger partial charge in [-0.3, -0.25) is 4.79 Å². The van der Waals surface area contributed by atoms with Crippen LogP contribution in [0.4, 0.5) is 0 Å². The van der Waals surface area contributed by atoms with E-state index in [1.54, 1.807) is 0 Å². The summed E-state index contributed by atoms with van der Waals surface area (Å²) in [5, 5.41) is 32.0. The molecule has 5 N–H and O–H groups in total. The van der Waals surface area contributed by atoms with E-state index in [-0.39, 0.29) is 30.9 Å². The summed E-state index contributed by atoms with van der Waals surface area (Å²) in [5.41, 5.74) is 7.12. The number of halogens is 1. The number of nitrogens with one attached hydrogen (secondary N) is 1. The predicted molar refractivity (Wildman–Crippen MR) is 104 cm³/mol. The van der Waals surface area contributed by atoms with Crippen molar-refractivity contribution < 1.29 is 14.8 Å². The van der Waals surface area contributed by atoms with Crippen molar-refractivity contribution in [2.45, 2.75) is 51.1 Å². The third-order valence-corrected chi connectivity index (χ3v) is 4.09. The average molecular weight is 397 g/mol. The molecule has 2 aromatic rings. The fourth-order valence-corrected chi connectivity index (χ4v) is 2.66. The highest BCUT2D eigenvalue weighted by Crippen LogP contribution is 2.15. The standard InChI is InChI=1S/C16H25BN6O3.ClH/c1-12(13-7-3-2-4-8-13)19-15(24)11-23-16(20-21-22-23)14(18)9-5-6-10-17(25)26;/h2-4,7-8,12,14,25-26H,5-6,9-11,18H2,1H3,(H,19,24);1H/t12-,14?;/m0./s1. The first kappa shape index (κ1) is 23.0. The highest BCUT2D eigenvalue weighted by Gasteiger charge is 2.18. The van der Waals surface area contributed by atoms with E-state index >= 15 is 0 Å². The Hall–Kier alpha value is -2.01. The van der Waals surface area contributed by atoms with Crippen LogP contribution in [0.3, 0.4) is 0 Å². The first-order valence-corrected chi connectivity index (χ1v) is 8.69. The number of carbonyl (C=O) groups excluding carboxylic acids is 1. The van der Waals surface area contributed by atoms with E-state index in [2.05, 4.69) is 20.8 Å². The lowest BCUT2D eigenvalue weighted by Crippen LogP contribution is -2.31. The quantitative estimate of drug-likeness (QED) is 0.341. The number of tetrazole rings is 1. The van der Waals surface area contributed by atoms with Crippen LogP contribution >= 0.6 is 12.4 Å². The molecular formula is C16H26BClN6O3. The topological polar surface area (TPSA) is 139 Å². The number of unbranched alkanes of at least 4 members (excludes halogenated alkanes) is 1. The van der Waals surface area contributed by atoms with Crippen molar-refractivity contribution in [3.63, 3.8) is 0 Å². The van der Waals surface area contributed by atoms with Gasteiger partial charge in [0.2, 0.25) is 5.91 Å². The summed E-state index contributed by atoms with van der Waals surface area (Å²) in [6.45, 7) is 1.90. The predicted octanol–water partition coefficient (Wildman–Crippen LogP) is 0.615. The molecule has 0 aliphatic rings. The van der Waals surface area contributed by atoms with Crippen LogP contribution in [0.2, 0.25) is 6.32 Å². The average Bonchev–Trinajstić information content (AvgIpc) is 3.07. The van der Waals surface area contributed by atoms with Gasteiger partial charge in [-0.25, -0.2) is 4.68 Å². The molecule has 0 aliphatic carbocycles. The Balaban J connectivity index is 0.00000364. The van der Waals surface area contributed by atoms with Gasteiger partial charge >= 0.3 is 7.12 Å². The van der Waals surface area contributed by atoms with Crippen LogP contribution in [0.5, 0.6) is 0 Å².